The zero-order valence-electron chi connectivity index (χ0n) is 10.8. The van der Waals surface area contributed by atoms with E-state index < -0.39 is 5.97 Å². The lowest BCUT2D eigenvalue weighted by atomic mass is 9.94. The van der Waals surface area contributed by atoms with E-state index in [9.17, 15) is 9.59 Å². The van der Waals surface area contributed by atoms with Gasteiger partial charge in [0.25, 0.3) is 0 Å². The first-order valence-electron chi connectivity index (χ1n) is 5.38. The van der Waals surface area contributed by atoms with Gasteiger partial charge in [0, 0.05) is 4.88 Å². The van der Waals surface area contributed by atoms with Crippen LogP contribution in [-0.4, -0.2) is 24.9 Å². The fourth-order valence-electron chi connectivity index (χ4n) is 1.28. The van der Waals surface area contributed by atoms with Gasteiger partial charge in [-0.3, -0.25) is 4.79 Å². The Labute approximate surface area is 115 Å². The molecule has 0 saturated carbocycles. The molecule has 0 aliphatic carbocycles. The van der Waals surface area contributed by atoms with Crippen molar-refractivity contribution in [3.8, 4) is 0 Å². The Morgan fingerprint density at radius 1 is 1.44 bits per heavy atom. The zero-order chi connectivity index (χ0) is 13.9. The number of carbonyl (C=O) groups is 2. The van der Waals surface area contributed by atoms with Gasteiger partial charge in [0.05, 0.1) is 12.8 Å². The number of alkyl halides is 1. The molecule has 4 nitrogen and oxygen atoms in total. The van der Waals surface area contributed by atoms with Crippen LogP contribution < -0.4 is 5.32 Å². The highest BCUT2D eigenvalue weighted by Crippen LogP contribution is 2.35. The number of hydrogen-bond donors (Lipinski definition) is 1. The Bertz CT molecular complexity index is 462. The van der Waals surface area contributed by atoms with Crippen molar-refractivity contribution in [2.45, 2.75) is 26.2 Å². The third kappa shape index (κ3) is 3.46. The third-order valence-electron chi connectivity index (χ3n) is 2.24. The molecule has 0 fully saturated rings. The predicted octanol–water partition coefficient (Wildman–Crippen LogP) is 3.01. The average Bonchev–Trinajstić information content (AvgIpc) is 2.71. The van der Waals surface area contributed by atoms with Crippen LogP contribution in [0.25, 0.3) is 0 Å². The monoisotopic (exact) mass is 289 g/mol. The molecule has 1 aromatic rings. The van der Waals surface area contributed by atoms with Crippen LogP contribution in [0.5, 0.6) is 0 Å². The van der Waals surface area contributed by atoms with Crippen molar-refractivity contribution in [3.63, 3.8) is 0 Å². The Morgan fingerprint density at radius 2 is 2.06 bits per heavy atom. The summed E-state index contributed by atoms with van der Waals surface area (Å²) in [6, 6.07) is 1.79. The van der Waals surface area contributed by atoms with Gasteiger partial charge in [-0.2, -0.15) is 0 Å². The molecule has 1 aromatic heterocycles. The second kappa shape index (κ2) is 5.71. The Balaban J connectivity index is 3.17. The van der Waals surface area contributed by atoms with Crippen molar-refractivity contribution in [2.75, 3.05) is 18.3 Å². The Kier molecular flexibility index (Phi) is 4.76. The van der Waals surface area contributed by atoms with Crippen LogP contribution in [0.15, 0.2) is 6.07 Å². The summed E-state index contributed by atoms with van der Waals surface area (Å²) in [6.45, 7) is 6.10. The molecule has 0 spiro atoms. The normalized spacial score (nSPS) is 11.2. The van der Waals surface area contributed by atoms with Crippen molar-refractivity contribution in [3.05, 3.63) is 15.8 Å². The summed E-state index contributed by atoms with van der Waals surface area (Å²) >= 11 is 6.76. The second-order valence-corrected chi connectivity index (χ2v) is 6.10. The smallest absolute Gasteiger partial charge is 0.350 e. The zero-order valence-corrected chi connectivity index (χ0v) is 12.4. The summed E-state index contributed by atoms with van der Waals surface area (Å²) in [4.78, 5) is 24.3. The number of methoxy groups -OCH3 is 1. The van der Waals surface area contributed by atoms with E-state index in [2.05, 4.69) is 5.32 Å². The minimum atomic E-state index is -0.458. The number of thiophene rings is 1. The highest BCUT2D eigenvalue weighted by Gasteiger charge is 2.24. The van der Waals surface area contributed by atoms with Crippen LogP contribution in [-0.2, 0) is 14.9 Å². The summed E-state index contributed by atoms with van der Waals surface area (Å²) in [5.74, 6) is -0.957. The second-order valence-electron chi connectivity index (χ2n) is 4.78. The van der Waals surface area contributed by atoms with Gasteiger partial charge in [0.15, 0.2) is 0 Å². The lowest BCUT2D eigenvalue weighted by Gasteiger charge is -2.15. The molecule has 1 rings (SSSR count). The quantitative estimate of drug-likeness (QED) is 0.687. The number of hydrogen-bond acceptors (Lipinski definition) is 4. The van der Waals surface area contributed by atoms with E-state index >= 15 is 0 Å². The van der Waals surface area contributed by atoms with Gasteiger partial charge < -0.3 is 10.1 Å². The molecule has 0 aromatic carbocycles. The topological polar surface area (TPSA) is 55.4 Å². The number of halogens is 1. The van der Waals surface area contributed by atoms with Gasteiger partial charge in [0.2, 0.25) is 5.91 Å². The van der Waals surface area contributed by atoms with Gasteiger partial charge in [-0.1, -0.05) is 20.8 Å². The summed E-state index contributed by atoms with van der Waals surface area (Å²) < 4.78 is 4.71. The first-order chi connectivity index (χ1) is 8.29. The van der Waals surface area contributed by atoms with Crippen molar-refractivity contribution in [1.29, 1.82) is 0 Å². The highest BCUT2D eigenvalue weighted by atomic mass is 35.5. The van der Waals surface area contributed by atoms with E-state index in [0.717, 1.165) is 4.88 Å². The molecule has 1 N–H and O–H groups in total. The maximum atomic E-state index is 11.6. The SMILES string of the molecule is COC(=O)c1sc(C(C)(C)C)cc1NC(=O)CCl. The van der Waals surface area contributed by atoms with Crippen molar-refractivity contribution < 1.29 is 14.3 Å². The lowest BCUT2D eigenvalue weighted by molar-refractivity contribution is -0.113. The average molecular weight is 290 g/mol. The maximum Gasteiger partial charge on any atom is 0.350 e. The first kappa shape index (κ1) is 15.0. The molecule has 1 heterocycles. The fourth-order valence-corrected chi connectivity index (χ4v) is 2.44. The number of esters is 1. The van der Waals surface area contributed by atoms with E-state index in [1.165, 1.54) is 18.4 Å². The van der Waals surface area contributed by atoms with Crippen molar-refractivity contribution in [1.82, 2.24) is 0 Å². The van der Waals surface area contributed by atoms with Crippen LogP contribution in [0, 0.1) is 0 Å². The molecule has 6 heteroatoms. The Morgan fingerprint density at radius 3 is 2.50 bits per heavy atom. The van der Waals surface area contributed by atoms with Crippen LogP contribution in [0.4, 0.5) is 5.69 Å². The molecule has 18 heavy (non-hydrogen) atoms. The molecule has 0 atom stereocenters. The van der Waals surface area contributed by atoms with Gasteiger partial charge in [-0.05, 0) is 11.5 Å². The predicted molar refractivity (Wildman–Crippen MR) is 73.7 cm³/mol. The molecule has 100 valence electrons. The molecular weight excluding hydrogens is 274 g/mol. The van der Waals surface area contributed by atoms with Gasteiger partial charge >= 0.3 is 5.97 Å². The van der Waals surface area contributed by atoms with E-state index in [-0.39, 0.29) is 17.2 Å². The molecule has 1 amide bonds. The molecule has 0 saturated heterocycles. The van der Waals surface area contributed by atoms with Crippen LogP contribution in [0.2, 0.25) is 0 Å². The lowest BCUT2D eigenvalue weighted by Crippen LogP contribution is -2.14. The van der Waals surface area contributed by atoms with E-state index in [4.69, 9.17) is 16.3 Å². The van der Waals surface area contributed by atoms with Crippen molar-refractivity contribution in [2.24, 2.45) is 0 Å². The molecule has 0 aliphatic heterocycles. The van der Waals surface area contributed by atoms with Gasteiger partial charge in [-0.25, -0.2) is 4.79 Å². The first-order valence-corrected chi connectivity index (χ1v) is 6.73. The number of nitrogens with one attached hydrogen (secondary N) is 1. The number of amides is 1. The molecule has 0 radical (unpaired) electrons. The summed E-state index contributed by atoms with van der Waals surface area (Å²) in [5.41, 5.74) is 0.361. The standard InChI is InChI=1S/C12H16ClNO3S/c1-12(2,3)8-5-7(14-9(15)6-13)10(18-8)11(16)17-4/h5H,6H2,1-4H3,(H,14,15). The number of ether oxygens (including phenoxy) is 1. The number of anilines is 1. The van der Waals surface area contributed by atoms with E-state index in [0.29, 0.717) is 10.6 Å². The van der Waals surface area contributed by atoms with E-state index in [1.54, 1.807) is 6.07 Å². The Hall–Kier alpha value is -1.07. The van der Waals surface area contributed by atoms with Crippen LogP contribution in [0.3, 0.4) is 0 Å². The van der Waals surface area contributed by atoms with Crippen LogP contribution in [0.1, 0.15) is 35.3 Å². The largest absolute Gasteiger partial charge is 0.465 e. The molecule has 0 unspecified atom stereocenters. The minimum Gasteiger partial charge on any atom is -0.465 e. The third-order valence-corrected chi connectivity index (χ3v) is 4.02. The minimum absolute atomic E-state index is 0.0998. The fraction of sp³-hybridized carbons (Fsp3) is 0.500. The maximum absolute atomic E-state index is 11.6. The number of carbonyl (C=O) groups excluding carboxylic acids is 2. The van der Waals surface area contributed by atoms with E-state index in [1.807, 2.05) is 20.8 Å². The van der Waals surface area contributed by atoms with Gasteiger partial charge in [-0.15, -0.1) is 22.9 Å². The molecular formula is C12H16ClNO3S. The summed E-state index contributed by atoms with van der Waals surface area (Å²) in [6.07, 6.45) is 0. The highest BCUT2D eigenvalue weighted by molar-refractivity contribution is 7.14. The molecule has 0 bridgehead atoms. The van der Waals surface area contributed by atoms with Crippen LogP contribution >= 0.6 is 22.9 Å². The summed E-state index contributed by atoms with van der Waals surface area (Å²) in [7, 11) is 1.31. The summed E-state index contributed by atoms with van der Waals surface area (Å²) in [5, 5.41) is 2.61. The molecule has 0 aliphatic rings. The van der Waals surface area contributed by atoms with Crippen molar-refractivity contribution >= 4 is 40.5 Å². The number of rotatable bonds is 3. The van der Waals surface area contributed by atoms with Gasteiger partial charge in [0.1, 0.15) is 10.8 Å².